The van der Waals surface area contributed by atoms with Crippen molar-refractivity contribution in [2.24, 2.45) is 0 Å². The Hall–Kier alpha value is -2.29. The van der Waals surface area contributed by atoms with Crippen LogP contribution in [0.1, 0.15) is 17.3 Å². The first kappa shape index (κ1) is 20.4. The second kappa shape index (κ2) is 8.38. The number of amides is 1. The van der Waals surface area contributed by atoms with Gasteiger partial charge in [-0.3, -0.25) is 4.79 Å². The number of nitrogens with zero attached hydrogens (tertiary/aromatic N) is 2. The smallest absolute Gasteiger partial charge is 0.257 e. The molecule has 144 valence electrons. The average molecular weight is 481 g/mol. The number of sulfone groups is 1. The van der Waals surface area contributed by atoms with Crippen molar-refractivity contribution in [2.75, 3.05) is 11.1 Å². The van der Waals surface area contributed by atoms with Gasteiger partial charge in [0.05, 0.1) is 22.0 Å². The molecular weight excluding hydrogens is 466 g/mol. The number of rotatable bonds is 5. The molecule has 28 heavy (non-hydrogen) atoms. The molecule has 1 N–H and O–H groups in total. The lowest BCUT2D eigenvalue weighted by molar-refractivity contribution is 0.102. The van der Waals surface area contributed by atoms with Gasteiger partial charge in [-0.05, 0) is 42.5 Å². The van der Waals surface area contributed by atoms with E-state index in [-0.39, 0.29) is 16.7 Å². The zero-order chi connectivity index (χ0) is 20.3. The molecule has 0 aliphatic carbocycles. The first-order valence-corrected chi connectivity index (χ1v) is 11.1. The third-order valence-electron chi connectivity index (χ3n) is 3.95. The monoisotopic (exact) mass is 479 g/mol. The van der Waals surface area contributed by atoms with Crippen molar-refractivity contribution in [3.63, 3.8) is 0 Å². The molecule has 0 spiro atoms. The number of hydrogen-bond acceptors (Lipinski definition) is 5. The van der Waals surface area contributed by atoms with Gasteiger partial charge < -0.3 is 5.32 Å². The van der Waals surface area contributed by atoms with Crippen molar-refractivity contribution in [2.45, 2.75) is 11.9 Å². The number of halogens is 2. The first-order valence-electron chi connectivity index (χ1n) is 8.23. The van der Waals surface area contributed by atoms with Gasteiger partial charge in [-0.2, -0.15) is 0 Å². The molecule has 0 unspecified atom stereocenters. The summed E-state index contributed by atoms with van der Waals surface area (Å²) in [5.74, 6) is -0.356. The Kier molecular flexibility index (Phi) is 6.12. The molecule has 3 aromatic rings. The number of carbonyl (C=O) groups excluding carboxylic acids is 1. The van der Waals surface area contributed by atoms with E-state index in [2.05, 4.69) is 31.4 Å². The van der Waals surface area contributed by atoms with Gasteiger partial charge in [0.25, 0.3) is 5.91 Å². The SMILES string of the molecule is CCS(=O)(=O)c1ccc(-c2ccc(NC(=O)c3cc(Br)ccc3Cl)cc2)nn1. The zero-order valence-electron chi connectivity index (χ0n) is 14.7. The van der Waals surface area contributed by atoms with E-state index >= 15 is 0 Å². The molecule has 0 aliphatic heterocycles. The van der Waals surface area contributed by atoms with E-state index in [1.54, 1.807) is 55.5 Å². The molecule has 1 aromatic heterocycles. The standard InChI is InChI=1S/C19H15BrClN3O3S/c1-2-28(26,27)18-10-9-17(23-24-18)12-3-6-14(7-4-12)22-19(25)15-11-13(20)5-8-16(15)21/h3-11H,2H2,1H3,(H,22,25). The maximum Gasteiger partial charge on any atom is 0.257 e. The molecule has 0 bridgehead atoms. The van der Waals surface area contributed by atoms with Gasteiger partial charge >= 0.3 is 0 Å². The average Bonchev–Trinajstić information content (AvgIpc) is 2.70. The summed E-state index contributed by atoms with van der Waals surface area (Å²) in [6.45, 7) is 1.55. The molecule has 1 amide bonds. The van der Waals surface area contributed by atoms with Gasteiger partial charge in [-0.15, -0.1) is 10.2 Å². The fourth-order valence-electron chi connectivity index (χ4n) is 2.38. The number of benzene rings is 2. The van der Waals surface area contributed by atoms with Crippen molar-refractivity contribution in [3.05, 3.63) is 69.7 Å². The lowest BCUT2D eigenvalue weighted by atomic mass is 10.1. The van der Waals surface area contributed by atoms with Gasteiger partial charge in [0.1, 0.15) is 0 Å². The number of nitrogens with one attached hydrogen (secondary N) is 1. The van der Waals surface area contributed by atoms with Crippen LogP contribution in [0.2, 0.25) is 5.02 Å². The minimum Gasteiger partial charge on any atom is -0.322 e. The van der Waals surface area contributed by atoms with Crippen LogP contribution in [0.4, 0.5) is 5.69 Å². The van der Waals surface area contributed by atoms with Crippen LogP contribution in [0.3, 0.4) is 0 Å². The molecule has 2 aromatic carbocycles. The molecular formula is C19H15BrClN3O3S. The first-order chi connectivity index (χ1) is 13.3. The fourth-order valence-corrected chi connectivity index (χ4v) is 3.68. The second-order valence-corrected chi connectivity index (χ2v) is 9.36. The summed E-state index contributed by atoms with van der Waals surface area (Å²) in [5, 5.41) is 10.9. The van der Waals surface area contributed by atoms with Crippen molar-refractivity contribution >= 4 is 49.0 Å². The van der Waals surface area contributed by atoms with Gasteiger partial charge in [-0.25, -0.2) is 8.42 Å². The number of anilines is 1. The van der Waals surface area contributed by atoms with Crippen LogP contribution >= 0.6 is 27.5 Å². The normalized spacial score (nSPS) is 11.2. The van der Waals surface area contributed by atoms with E-state index in [9.17, 15) is 13.2 Å². The summed E-state index contributed by atoms with van der Waals surface area (Å²) in [6, 6.07) is 15.0. The number of hydrogen-bond donors (Lipinski definition) is 1. The lowest BCUT2D eigenvalue weighted by Gasteiger charge is -2.08. The highest BCUT2D eigenvalue weighted by Crippen LogP contribution is 2.24. The zero-order valence-corrected chi connectivity index (χ0v) is 17.8. The van der Waals surface area contributed by atoms with Crippen LogP contribution in [0.5, 0.6) is 0 Å². The molecule has 9 heteroatoms. The summed E-state index contributed by atoms with van der Waals surface area (Å²) in [5.41, 5.74) is 2.22. The van der Waals surface area contributed by atoms with Crippen LogP contribution in [-0.2, 0) is 9.84 Å². The fraction of sp³-hybridized carbons (Fsp3) is 0.105. The summed E-state index contributed by atoms with van der Waals surface area (Å²) in [6.07, 6.45) is 0. The van der Waals surface area contributed by atoms with Crippen molar-refractivity contribution in [1.82, 2.24) is 10.2 Å². The third kappa shape index (κ3) is 4.57. The Labute approximate surface area is 176 Å². The Morgan fingerprint density at radius 3 is 2.39 bits per heavy atom. The van der Waals surface area contributed by atoms with Crippen LogP contribution in [-0.4, -0.2) is 30.3 Å². The summed E-state index contributed by atoms with van der Waals surface area (Å²) < 4.78 is 24.4. The highest BCUT2D eigenvalue weighted by atomic mass is 79.9. The maximum atomic E-state index is 12.4. The van der Waals surface area contributed by atoms with Crippen LogP contribution in [0.15, 0.2) is 64.1 Å². The van der Waals surface area contributed by atoms with E-state index in [4.69, 9.17) is 11.6 Å². The third-order valence-corrected chi connectivity index (χ3v) is 6.39. The lowest BCUT2D eigenvalue weighted by Crippen LogP contribution is -2.12. The van der Waals surface area contributed by atoms with Crippen molar-refractivity contribution < 1.29 is 13.2 Å². The highest BCUT2D eigenvalue weighted by Gasteiger charge is 2.14. The molecule has 0 radical (unpaired) electrons. The van der Waals surface area contributed by atoms with Crippen LogP contribution < -0.4 is 5.32 Å². The van der Waals surface area contributed by atoms with E-state index in [0.717, 1.165) is 10.0 Å². The second-order valence-electron chi connectivity index (χ2n) is 5.82. The molecule has 1 heterocycles. The molecule has 0 aliphatic rings. The van der Waals surface area contributed by atoms with E-state index in [0.29, 0.717) is 22.0 Å². The highest BCUT2D eigenvalue weighted by molar-refractivity contribution is 9.10. The Bertz CT molecular complexity index is 1120. The van der Waals surface area contributed by atoms with Crippen LogP contribution in [0, 0.1) is 0 Å². The van der Waals surface area contributed by atoms with Gasteiger partial charge in [-0.1, -0.05) is 46.6 Å². The van der Waals surface area contributed by atoms with Gasteiger partial charge in [0.2, 0.25) is 0 Å². The van der Waals surface area contributed by atoms with E-state index in [1.807, 2.05) is 0 Å². The minimum absolute atomic E-state index is 0.0303. The predicted octanol–water partition coefficient (Wildman–Crippen LogP) is 4.61. The molecule has 0 atom stereocenters. The number of aromatic nitrogens is 2. The maximum absolute atomic E-state index is 12.4. The Morgan fingerprint density at radius 2 is 1.79 bits per heavy atom. The molecule has 3 rings (SSSR count). The Morgan fingerprint density at radius 1 is 1.07 bits per heavy atom. The molecule has 0 saturated carbocycles. The van der Waals surface area contributed by atoms with Crippen LogP contribution in [0.25, 0.3) is 11.3 Å². The van der Waals surface area contributed by atoms with E-state index in [1.165, 1.54) is 6.07 Å². The predicted molar refractivity (Wildman–Crippen MR) is 112 cm³/mol. The Balaban J connectivity index is 1.76. The molecule has 0 fully saturated rings. The number of carbonyl (C=O) groups is 1. The summed E-state index contributed by atoms with van der Waals surface area (Å²) >= 11 is 9.40. The molecule has 0 saturated heterocycles. The van der Waals surface area contributed by atoms with E-state index < -0.39 is 9.84 Å². The van der Waals surface area contributed by atoms with Crippen molar-refractivity contribution in [3.8, 4) is 11.3 Å². The van der Waals surface area contributed by atoms with Gasteiger partial charge in [0.15, 0.2) is 14.9 Å². The minimum atomic E-state index is -3.39. The quantitative estimate of drug-likeness (QED) is 0.576. The topological polar surface area (TPSA) is 89.0 Å². The largest absolute Gasteiger partial charge is 0.322 e. The van der Waals surface area contributed by atoms with Gasteiger partial charge in [0, 0.05) is 15.7 Å². The molecule has 6 nitrogen and oxygen atoms in total. The summed E-state index contributed by atoms with van der Waals surface area (Å²) in [4.78, 5) is 12.4. The summed E-state index contributed by atoms with van der Waals surface area (Å²) in [7, 11) is -3.39. The van der Waals surface area contributed by atoms with Crippen molar-refractivity contribution in [1.29, 1.82) is 0 Å².